The number of hydrogen-bond donors (Lipinski definition) is 1. The molecule has 0 unspecified atom stereocenters. The molecule has 1 atom stereocenters. The van der Waals surface area contributed by atoms with Crippen molar-refractivity contribution in [2.24, 2.45) is 4.99 Å². The number of para-hydroxylation sites is 1. The highest BCUT2D eigenvalue weighted by Crippen LogP contribution is 2.24. The Bertz CT molecular complexity index is 581. The Hall–Kier alpha value is -2.00. The molecule has 1 heterocycles. The first-order valence-corrected chi connectivity index (χ1v) is 6.48. The van der Waals surface area contributed by atoms with Crippen LogP contribution in [0.1, 0.15) is 11.7 Å². The Labute approximate surface area is 116 Å². The van der Waals surface area contributed by atoms with Crippen LogP contribution in [0.25, 0.3) is 0 Å². The van der Waals surface area contributed by atoms with E-state index in [1.165, 1.54) is 0 Å². The summed E-state index contributed by atoms with van der Waals surface area (Å²) in [5.74, 6) is 0. The molecule has 0 bridgehead atoms. The quantitative estimate of drug-likeness (QED) is 0.900. The van der Waals surface area contributed by atoms with Gasteiger partial charge in [0, 0.05) is 10.7 Å². The lowest BCUT2D eigenvalue weighted by molar-refractivity contribution is 0.229. The minimum Gasteiger partial charge on any atom is -0.455 e. The monoisotopic (exact) mass is 272 g/mol. The minimum absolute atomic E-state index is 0.0384. The molecule has 0 aromatic heterocycles. The van der Waals surface area contributed by atoms with Crippen LogP contribution in [-0.2, 0) is 4.74 Å². The Morgan fingerprint density at radius 2 is 1.79 bits per heavy atom. The van der Waals surface area contributed by atoms with Crippen molar-refractivity contribution in [3.05, 3.63) is 65.2 Å². The second-order valence-electron chi connectivity index (χ2n) is 4.29. The molecule has 1 N–H and O–H groups in total. The predicted octanol–water partition coefficient (Wildman–Crippen LogP) is 3.88. The van der Waals surface area contributed by atoms with Gasteiger partial charge in [0.1, 0.15) is 6.10 Å². The van der Waals surface area contributed by atoms with E-state index in [-0.39, 0.29) is 6.10 Å². The number of rotatable bonds is 2. The molecular formula is C15H13ClN2O. The normalized spacial score (nSPS) is 17.7. The van der Waals surface area contributed by atoms with Gasteiger partial charge in [-0.2, -0.15) is 0 Å². The molecule has 4 heteroatoms. The molecule has 0 radical (unpaired) electrons. The predicted molar refractivity (Wildman–Crippen MR) is 77.6 cm³/mol. The van der Waals surface area contributed by atoms with Gasteiger partial charge in [-0.3, -0.25) is 0 Å². The molecule has 1 aliphatic rings. The summed E-state index contributed by atoms with van der Waals surface area (Å²) in [6.07, 6.45) is -0.0384. The summed E-state index contributed by atoms with van der Waals surface area (Å²) in [4.78, 5) is 4.36. The van der Waals surface area contributed by atoms with Crippen LogP contribution in [0.4, 0.5) is 5.69 Å². The minimum atomic E-state index is -0.0384. The van der Waals surface area contributed by atoms with E-state index in [0.717, 1.165) is 16.3 Å². The summed E-state index contributed by atoms with van der Waals surface area (Å²) in [6.45, 7) is 0.622. The van der Waals surface area contributed by atoms with Crippen molar-refractivity contribution in [2.45, 2.75) is 6.10 Å². The Balaban J connectivity index is 1.65. The fraction of sp³-hybridized carbons (Fsp3) is 0.133. The van der Waals surface area contributed by atoms with Crippen LogP contribution in [0, 0.1) is 0 Å². The number of nitrogens with one attached hydrogen (secondary N) is 1. The number of anilines is 1. The van der Waals surface area contributed by atoms with E-state index in [1.54, 1.807) is 0 Å². The van der Waals surface area contributed by atoms with E-state index in [4.69, 9.17) is 16.3 Å². The van der Waals surface area contributed by atoms with Crippen molar-refractivity contribution in [3.8, 4) is 0 Å². The molecular weight excluding hydrogens is 260 g/mol. The van der Waals surface area contributed by atoms with Crippen LogP contribution < -0.4 is 5.32 Å². The topological polar surface area (TPSA) is 33.6 Å². The van der Waals surface area contributed by atoms with Gasteiger partial charge in [0.05, 0.1) is 6.54 Å². The molecule has 0 aliphatic carbocycles. The summed E-state index contributed by atoms with van der Waals surface area (Å²) < 4.78 is 5.79. The molecule has 3 rings (SSSR count). The maximum absolute atomic E-state index is 5.87. The molecule has 1 aliphatic heterocycles. The number of aliphatic imine (C=N–C) groups is 1. The number of nitrogens with zero attached hydrogens (tertiary/aromatic N) is 1. The zero-order valence-electron chi connectivity index (χ0n) is 10.2. The molecule has 0 saturated heterocycles. The maximum atomic E-state index is 5.87. The van der Waals surface area contributed by atoms with Crippen molar-refractivity contribution in [1.29, 1.82) is 0 Å². The summed E-state index contributed by atoms with van der Waals surface area (Å²) in [7, 11) is 0. The number of hydrogen-bond acceptors (Lipinski definition) is 3. The van der Waals surface area contributed by atoms with Crippen LogP contribution in [0.5, 0.6) is 0 Å². The average molecular weight is 273 g/mol. The van der Waals surface area contributed by atoms with Gasteiger partial charge in [-0.1, -0.05) is 41.9 Å². The highest BCUT2D eigenvalue weighted by atomic mass is 35.5. The van der Waals surface area contributed by atoms with Crippen LogP contribution >= 0.6 is 11.6 Å². The highest BCUT2D eigenvalue weighted by molar-refractivity contribution is 6.30. The van der Waals surface area contributed by atoms with Gasteiger partial charge < -0.3 is 10.1 Å². The van der Waals surface area contributed by atoms with E-state index >= 15 is 0 Å². The SMILES string of the molecule is Clc1ccc([C@@H]2CN=C(Nc3ccccc3)O2)cc1. The molecule has 0 spiro atoms. The molecule has 0 fully saturated rings. The Morgan fingerprint density at radius 1 is 1.05 bits per heavy atom. The summed E-state index contributed by atoms with van der Waals surface area (Å²) in [5, 5.41) is 3.88. The third-order valence-corrected chi connectivity index (χ3v) is 3.17. The van der Waals surface area contributed by atoms with E-state index in [1.807, 2.05) is 54.6 Å². The van der Waals surface area contributed by atoms with Gasteiger partial charge >= 0.3 is 0 Å². The van der Waals surface area contributed by atoms with Gasteiger partial charge in [0.2, 0.25) is 0 Å². The summed E-state index contributed by atoms with van der Waals surface area (Å²) in [5.41, 5.74) is 2.05. The largest absolute Gasteiger partial charge is 0.455 e. The van der Waals surface area contributed by atoms with Crippen LogP contribution in [-0.4, -0.2) is 12.6 Å². The van der Waals surface area contributed by atoms with Crippen LogP contribution in [0.15, 0.2) is 59.6 Å². The van der Waals surface area contributed by atoms with Crippen molar-refractivity contribution >= 4 is 23.3 Å². The van der Waals surface area contributed by atoms with E-state index in [2.05, 4.69) is 10.3 Å². The zero-order valence-corrected chi connectivity index (χ0v) is 11.0. The third-order valence-electron chi connectivity index (χ3n) is 2.92. The zero-order chi connectivity index (χ0) is 13.1. The number of amidine groups is 1. The molecule has 2 aromatic carbocycles. The lowest BCUT2D eigenvalue weighted by Gasteiger charge is -2.12. The first-order valence-electron chi connectivity index (χ1n) is 6.10. The summed E-state index contributed by atoms with van der Waals surface area (Å²) >= 11 is 5.87. The molecule has 19 heavy (non-hydrogen) atoms. The average Bonchev–Trinajstić information content (AvgIpc) is 2.89. The Kier molecular flexibility index (Phi) is 3.38. The fourth-order valence-electron chi connectivity index (χ4n) is 1.94. The van der Waals surface area contributed by atoms with Crippen molar-refractivity contribution in [1.82, 2.24) is 0 Å². The molecule has 0 saturated carbocycles. The van der Waals surface area contributed by atoms with Crippen molar-refractivity contribution in [3.63, 3.8) is 0 Å². The second-order valence-corrected chi connectivity index (χ2v) is 4.73. The highest BCUT2D eigenvalue weighted by Gasteiger charge is 2.21. The van der Waals surface area contributed by atoms with Crippen LogP contribution in [0.3, 0.4) is 0 Å². The smallest absolute Gasteiger partial charge is 0.290 e. The maximum Gasteiger partial charge on any atom is 0.290 e. The van der Waals surface area contributed by atoms with Gasteiger partial charge in [0.25, 0.3) is 6.02 Å². The first-order chi connectivity index (χ1) is 9.31. The Morgan fingerprint density at radius 3 is 2.53 bits per heavy atom. The van der Waals surface area contributed by atoms with Gasteiger partial charge in [0.15, 0.2) is 0 Å². The van der Waals surface area contributed by atoms with Gasteiger partial charge in [-0.05, 0) is 29.8 Å². The van der Waals surface area contributed by atoms with Crippen molar-refractivity contribution < 1.29 is 4.74 Å². The van der Waals surface area contributed by atoms with E-state index in [9.17, 15) is 0 Å². The van der Waals surface area contributed by atoms with E-state index < -0.39 is 0 Å². The van der Waals surface area contributed by atoms with Gasteiger partial charge in [-0.25, -0.2) is 4.99 Å². The summed E-state index contributed by atoms with van der Waals surface area (Å²) in [6, 6.07) is 18.1. The third kappa shape index (κ3) is 2.88. The lowest BCUT2D eigenvalue weighted by atomic mass is 10.1. The number of ether oxygens (including phenoxy) is 1. The molecule has 96 valence electrons. The van der Waals surface area contributed by atoms with E-state index in [0.29, 0.717) is 12.6 Å². The van der Waals surface area contributed by atoms with Crippen LogP contribution in [0.2, 0.25) is 5.02 Å². The molecule has 3 nitrogen and oxygen atoms in total. The second kappa shape index (κ2) is 5.33. The first kappa shape index (κ1) is 12.1. The van der Waals surface area contributed by atoms with Crippen molar-refractivity contribution in [2.75, 3.05) is 11.9 Å². The van der Waals surface area contributed by atoms with Gasteiger partial charge in [-0.15, -0.1) is 0 Å². The fourth-order valence-corrected chi connectivity index (χ4v) is 2.07. The standard InChI is InChI=1S/C15H13ClN2O/c16-12-8-6-11(7-9-12)14-10-17-15(19-14)18-13-4-2-1-3-5-13/h1-9,14H,10H2,(H,17,18)/t14-/m0/s1. The molecule has 2 aromatic rings. The lowest BCUT2D eigenvalue weighted by Crippen LogP contribution is -2.13. The molecule has 0 amide bonds. The number of halogens is 1. The number of benzene rings is 2.